The minimum atomic E-state index is -0.707. The van der Waals surface area contributed by atoms with Gasteiger partial charge in [0, 0.05) is 39.0 Å². The molecule has 82 valence electrons. The van der Waals surface area contributed by atoms with E-state index < -0.39 is 5.97 Å². The fourth-order valence-corrected chi connectivity index (χ4v) is 2.09. The minimum Gasteiger partial charge on any atom is -0.481 e. The molecule has 0 aromatic carbocycles. The molecule has 2 heterocycles. The van der Waals surface area contributed by atoms with E-state index in [-0.39, 0.29) is 12.3 Å². The number of aliphatic carboxylic acids is 1. The Bertz CT molecular complexity index is 361. The highest BCUT2D eigenvalue weighted by atomic mass is 16.4. The normalized spacial score (nSPS) is 20.9. The number of carboxylic acid groups (broad SMARTS) is 1. The molecule has 1 aliphatic rings. The zero-order chi connectivity index (χ0) is 10.8. The summed E-state index contributed by atoms with van der Waals surface area (Å²) in [5.74, 6) is 0.490. The monoisotopic (exact) mass is 209 g/mol. The van der Waals surface area contributed by atoms with Gasteiger partial charge in [-0.25, -0.2) is 4.98 Å². The Morgan fingerprint density at radius 3 is 3.13 bits per heavy atom. The highest BCUT2D eigenvalue weighted by Gasteiger charge is 2.26. The van der Waals surface area contributed by atoms with Gasteiger partial charge < -0.3 is 14.6 Å². The number of rotatable bonds is 3. The van der Waals surface area contributed by atoms with Crippen LogP contribution in [-0.4, -0.2) is 33.7 Å². The highest BCUT2D eigenvalue weighted by molar-refractivity contribution is 5.67. The van der Waals surface area contributed by atoms with Gasteiger partial charge >= 0.3 is 5.97 Å². The van der Waals surface area contributed by atoms with Gasteiger partial charge in [-0.1, -0.05) is 0 Å². The summed E-state index contributed by atoms with van der Waals surface area (Å²) >= 11 is 0. The van der Waals surface area contributed by atoms with Gasteiger partial charge in [0.1, 0.15) is 0 Å². The summed E-state index contributed by atoms with van der Waals surface area (Å²) < 4.78 is 1.96. The third kappa shape index (κ3) is 2.11. The van der Waals surface area contributed by atoms with Gasteiger partial charge in [-0.3, -0.25) is 4.79 Å². The van der Waals surface area contributed by atoms with E-state index in [0.717, 1.165) is 25.5 Å². The standard InChI is InChI=1S/C10H15N3O2/c1-12-5-3-11-10(12)13-4-2-8(7-13)6-9(14)15/h3,5,8H,2,4,6-7H2,1H3,(H,14,15). The molecule has 1 N–H and O–H groups in total. The van der Waals surface area contributed by atoms with E-state index in [1.54, 1.807) is 6.20 Å². The molecule has 0 spiro atoms. The predicted octanol–water partition coefficient (Wildman–Crippen LogP) is 0.721. The van der Waals surface area contributed by atoms with E-state index in [1.807, 2.05) is 17.8 Å². The molecule has 5 nitrogen and oxygen atoms in total. The van der Waals surface area contributed by atoms with Gasteiger partial charge in [0.05, 0.1) is 0 Å². The topological polar surface area (TPSA) is 58.4 Å². The second-order valence-corrected chi connectivity index (χ2v) is 4.04. The molecule has 5 heteroatoms. The molecule has 2 rings (SSSR count). The van der Waals surface area contributed by atoms with Gasteiger partial charge in [0.15, 0.2) is 0 Å². The van der Waals surface area contributed by atoms with Crippen molar-refractivity contribution < 1.29 is 9.90 Å². The number of aromatic nitrogens is 2. The Morgan fingerprint density at radius 2 is 2.53 bits per heavy atom. The van der Waals surface area contributed by atoms with Crippen LogP contribution >= 0.6 is 0 Å². The van der Waals surface area contributed by atoms with Gasteiger partial charge in [0.25, 0.3) is 0 Å². The number of carboxylic acids is 1. The van der Waals surface area contributed by atoms with Crippen LogP contribution in [0.15, 0.2) is 12.4 Å². The van der Waals surface area contributed by atoms with E-state index in [4.69, 9.17) is 5.11 Å². The Morgan fingerprint density at radius 1 is 1.73 bits per heavy atom. The van der Waals surface area contributed by atoms with E-state index in [2.05, 4.69) is 9.88 Å². The van der Waals surface area contributed by atoms with Crippen molar-refractivity contribution in [2.75, 3.05) is 18.0 Å². The van der Waals surface area contributed by atoms with E-state index >= 15 is 0 Å². The second-order valence-electron chi connectivity index (χ2n) is 4.04. The van der Waals surface area contributed by atoms with Crippen molar-refractivity contribution >= 4 is 11.9 Å². The molecule has 0 bridgehead atoms. The van der Waals surface area contributed by atoms with E-state index in [0.29, 0.717) is 0 Å². The fraction of sp³-hybridized carbons (Fsp3) is 0.600. The lowest BCUT2D eigenvalue weighted by atomic mass is 10.1. The van der Waals surface area contributed by atoms with Crippen molar-refractivity contribution in [3.63, 3.8) is 0 Å². The zero-order valence-electron chi connectivity index (χ0n) is 8.76. The lowest BCUT2D eigenvalue weighted by Gasteiger charge is -2.16. The molecule has 1 aliphatic heterocycles. The van der Waals surface area contributed by atoms with Crippen molar-refractivity contribution in [1.82, 2.24) is 9.55 Å². The van der Waals surface area contributed by atoms with Crippen molar-refractivity contribution in [2.24, 2.45) is 13.0 Å². The molecule has 1 aromatic rings. The Labute approximate surface area is 88.3 Å². The molecule has 1 atom stereocenters. The van der Waals surface area contributed by atoms with Gasteiger partial charge in [-0.05, 0) is 12.3 Å². The maximum absolute atomic E-state index is 10.6. The van der Waals surface area contributed by atoms with Crippen molar-refractivity contribution in [3.05, 3.63) is 12.4 Å². The van der Waals surface area contributed by atoms with Gasteiger partial charge in [-0.15, -0.1) is 0 Å². The third-order valence-corrected chi connectivity index (χ3v) is 2.83. The quantitative estimate of drug-likeness (QED) is 0.797. The molecular weight excluding hydrogens is 194 g/mol. The van der Waals surface area contributed by atoms with E-state index in [1.165, 1.54) is 0 Å². The van der Waals surface area contributed by atoms with Crippen LogP contribution in [0.1, 0.15) is 12.8 Å². The van der Waals surface area contributed by atoms with Crippen molar-refractivity contribution in [1.29, 1.82) is 0 Å². The lowest BCUT2D eigenvalue weighted by Crippen LogP contribution is -2.23. The summed E-state index contributed by atoms with van der Waals surface area (Å²) in [5, 5.41) is 8.71. The number of carbonyl (C=O) groups is 1. The van der Waals surface area contributed by atoms with Crippen LogP contribution in [0.25, 0.3) is 0 Å². The maximum atomic E-state index is 10.6. The molecule has 0 saturated carbocycles. The minimum absolute atomic E-state index is 0.263. The van der Waals surface area contributed by atoms with Gasteiger partial charge in [-0.2, -0.15) is 0 Å². The van der Waals surface area contributed by atoms with Crippen LogP contribution in [0, 0.1) is 5.92 Å². The van der Waals surface area contributed by atoms with Crippen molar-refractivity contribution in [2.45, 2.75) is 12.8 Å². The summed E-state index contributed by atoms with van der Waals surface area (Å²) in [6, 6.07) is 0. The molecule has 15 heavy (non-hydrogen) atoms. The average Bonchev–Trinajstić information content (AvgIpc) is 2.72. The molecule has 1 unspecified atom stereocenters. The molecule has 0 aliphatic carbocycles. The largest absolute Gasteiger partial charge is 0.481 e. The summed E-state index contributed by atoms with van der Waals surface area (Å²) in [5.41, 5.74) is 0. The SMILES string of the molecule is Cn1ccnc1N1CCC(CC(=O)O)C1. The molecule has 1 saturated heterocycles. The smallest absolute Gasteiger partial charge is 0.303 e. The number of imidazole rings is 1. The van der Waals surface area contributed by atoms with Crippen molar-refractivity contribution in [3.8, 4) is 0 Å². The number of aryl methyl sites for hydroxylation is 1. The Hall–Kier alpha value is -1.52. The number of hydrogen-bond donors (Lipinski definition) is 1. The number of hydrogen-bond acceptors (Lipinski definition) is 3. The summed E-state index contributed by atoms with van der Waals surface area (Å²) in [6.07, 6.45) is 4.87. The first-order valence-electron chi connectivity index (χ1n) is 5.11. The highest BCUT2D eigenvalue weighted by Crippen LogP contribution is 2.23. The van der Waals surface area contributed by atoms with Crippen LogP contribution in [0.5, 0.6) is 0 Å². The van der Waals surface area contributed by atoms with Crippen LogP contribution in [0.2, 0.25) is 0 Å². The van der Waals surface area contributed by atoms with E-state index in [9.17, 15) is 4.79 Å². The predicted molar refractivity (Wildman–Crippen MR) is 55.8 cm³/mol. The molecular formula is C10H15N3O2. The van der Waals surface area contributed by atoms with Crippen LogP contribution < -0.4 is 4.90 Å². The van der Waals surface area contributed by atoms with Crippen LogP contribution in [-0.2, 0) is 11.8 Å². The zero-order valence-corrected chi connectivity index (χ0v) is 8.76. The summed E-state index contributed by atoms with van der Waals surface area (Å²) in [6.45, 7) is 1.71. The number of anilines is 1. The molecule has 1 fully saturated rings. The lowest BCUT2D eigenvalue weighted by molar-refractivity contribution is -0.137. The Balaban J connectivity index is 1.98. The van der Waals surface area contributed by atoms with Crippen LogP contribution in [0.3, 0.4) is 0 Å². The van der Waals surface area contributed by atoms with Gasteiger partial charge in [0.2, 0.25) is 5.95 Å². The summed E-state index contributed by atoms with van der Waals surface area (Å²) in [4.78, 5) is 17.0. The first-order valence-corrected chi connectivity index (χ1v) is 5.11. The first-order chi connectivity index (χ1) is 7.16. The molecule has 0 amide bonds. The van der Waals surface area contributed by atoms with Crippen LogP contribution in [0.4, 0.5) is 5.95 Å². The fourth-order valence-electron chi connectivity index (χ4n) is 2.09. The number of nitrogens with zero attached hydrogens (tertiary/aromatic N) is 3. The third-order valence-electron chi connectivity index (χ3n) is 2.83. The maximum Gasteiger partial charge on any atom is 0.303 e. The summed E-state index contributed by atoms with van der Waals surface area (Å²) in [7, 11) is 1.95. The second kappa shape index (κ2) is 3.92. The average molecular weight is 209 g/mol. The molecule has 1 aromatic heterocycles. The molecule has 0 radical (unpaired) electrons. The first kappa shape index (κ1) is 10.0. The Kier molecular flexibility index (Phi) is 2.62.